The first-order valence-electron chi connectivity index (χ1n) is 49.8. The molecular weight excluding hydrogens is 1530 g/mol. The van der Waals surface area contributed by atoms with Gasteiger partial charge in [0.1, 0.15) is 36.5 Å². The summed E-state index contributed by atoms with van der Waals surface area (Å²) < 4.78 is 62.0. The van der Waals surface area contributed by atoms with Gasteiger partial charge in [-0.2, -0.15) is 0 Å². The number of ether oxygens (including phenoxy) is 10. The average Bonchev–Trinajstić information content (AvgIpc) is 1.68. The summed E-state index contributed by atoms with van der Waals surface area (Å²) in [5.74, 6) is 4.69. The fraction of sp³-hybridized carbons (Fsp3) is 0.941. The molecule has 28 atom stereocenters. The summed E-state index contributed by atoms with van der Waals surface area (Å²) in [6.45, 7) is 43.6. The Labute approximate surface area is 728 Å². The summed E-state index contributed by atoms with van der Waals surface area (Å²) in [5, 5.41) is 20.3. The SMILES string of the molecule is CC(=O)O[C@@H]1[C@@H]([C@@]2(C)CC[C@H](C)C[C@@H]2CC=O)CC[C@@]2(C)[C@H]1CCC21OCCO1.CC(=O)O[C@@H]1[C@@H]([C@@]2(C)CC[C@H](C)C[C@@H]2CCN2CCCC2)CC[C@@]2(C)[C@H]1CCC21OCCO1.CC(=O)O[C@@H]1[C@@H]([C@@]2(C)CC[C@H](C)C[C@@H]2CCO)CC[C@@]2(C)[C@H]1CCC21OCCO1.CC(=O)O[C@@H]1[C@@H]([C@@]2(C)CC[C@H](O)C[C@@H]2CCN2CCCC2)CC[C@]2(C)C(=O)CC[C@@H]12. The van der Waals surface area contributed by atoms with E-state index in [2.05, 4.69) is 86.0 Å². The van der Waals surface area contributed by atoms with Crippen LogP contribution in [0.1, 0.15) is 335 Å². The van der Waals surface area contributed by atoms with Crippen molar-refractivity contribution in [3.63, 3.8) is 0 Å². The van der Waals surface area contributed by atoms with E-state index in [9.17, 15) is 39.0 Å². The van der Waals surface area contributed by atoms with Crippen molar-refractivity contribution in [1.82, 2.24) is 9.80 Å². The molecule has 0 aromatic heterocycles. The Balaban J connectivity index is 0.000000132. The molecule has 3 spiro atoms. The third kappa shape index (κ3) is 17.8. The number of aliphatic hydroxyl groups excluding tert-OH is 2. The van der Waals surface area contributed by atoms with Crippen LogP contribution in [0, 0.1) is 132 Å². The maximum atomic E-state index is 12.7. The minimum Gasteiger partial charge on any atom is -0.462 e. The number of Topliss-reactive ketones (excluding diaryl/α,β-unsaturated/α-hetero) is 1. The number of hydrogen-bond acceptors (Lipinski definition) is 20. The normalized spacial score (nSPS) is 45.8. The second-order valence-electron chi connectivity index (χ2n) is 45.4. The molecule has 17 fully saturated rings. The van der Waals surface area contributed by atoms with Crippen LogP contribution in [-0.4, -0.2) is 189 Å². The minimum absolute atomic E-state index is 0.0129. The highest BCUT2D eigenvalue weighted by Gasteiger charge is 2.72. The van der Waals surface area contributed by atoms with Gasteiger partial charge in [-0.25, -0.2) is 0 Å². The third-order valence-corrected chi connectivity index (χ3v) is 39.2. The first-order chi connectivity index (χ1) is 57.5. The summed E-state index contributed by atoms with van der Waals surface area (Å²) in [4.78, 5) is 78.3. The molecule has 0 unspecified atom stereocenters. The lowest BCUT2D eigenvalue weighted by molar-refractivity contribution is -0.252. The van der Waals surface area contributed by atoms with E-state index in [1.54, 1.807) is 13.8 Å². The average molecular weight is 1700 g/mol. The molecule has 5 heterocycles. The molecule has 0 bridgehead atoms. The highest BCUT2D eigenvalue weighted by molar-refractivity contribution is 5.87. The lowest BCUT2D eigenvalue weighted by Gasteiger charge is -2.57. The quantitative estimate of drug-likeness (QED) is 0.0736. The second kappa shape index (κ2) is 37.7. The number of esters is 4. The molecule has 0 amide bonds. The summed E-state index contributed by atoms with van der Waals surface area (Å²) in [5.41, 5.74) is -0.210. The molecule has 0 aromatic rings. The molecule has 20 nitrogen and oxygen atoms in total. The topological polar surface area (TPSA) is 242 Å². The van der Waals surface area contributed by atoms with Gasteiger partial charge in [0.25, 0.3) is 0 Å². The zero-order valence-electron chi connectivity index (χ0n) is 78.1. The maximum absolute atomic E-state index is 12.7. The zero-order chi connectivity index (χ0) is 86.5. The van der Waals surface area contributed by atoms with E-state index < -0.39 is 17.4 Å². The molecular formula is C101H166N2O18. The molecule has 0 aromatic carbocycles. The number of carbonyl (C=O) groups excluding carboxylic acids is 6. The molecule has 5 aliphatic heterocycles. The Morgan fingerprint density at radius 1 is 0.388 bits per heavy atom. The number of fused-ring (bicyclic) bond motifs is 7. The van der Waals surface area contributed by atoms with Gasteiger partial charge in [-0.05, 0) is 282 Å². The number of likely N-dealkylation sites (tertiary alicyclic amines) is 2. The van der Waals surface area contributed by atoms with Crippen molar-refractivity contribution in [2.45, 2.75) is 383 Å². The van der Waals surface area contributed by atoms with Crippen LogP contribution in [0.3, 0.4) is 0 Å². The molecule has 12 saturated carbocycles. The number of rotatable bonds is 18. The van der Waals surface area contributed by atoms with E-state index in [-0.39, 0.29) is 128 Å². The van der Waals surface area contributed by atoms with Crippen LogP contribution in [0.5, 0.6) is 0 Å². The monoisotopic (exact) mass is 1700 g/mol. The lowest BCUT2D eigenvalue weighted by Crippen LogP contribution is -2.58. The number of aliphatic hydroxyl groups is 2. The predicted molar refractivity (Wildman–Crippen MR) is 464 cm³/mol. The Morgan fingerprint density at radius 2 is 0.694 bits per heavy atom. The molecule has 12 aliphatic carbocycles. The minimum atomic E-state index is -0.509. The Hall–Kier alpha value is -3.18. The number of aldehydes is 1. The van der Waals surface area contributed by atoms with Gasteiger partial charge in [0.2, 0.25) is 0 Å². The number of nitrogens with zero attached hydrogens (tertiary/aromatic N) is 2. The third-order valence-electron chi connectivity index (χ3n) is 39.2. The fourth-order valence-electron chi connectivity index (χ4n) is 31.9. The van der Waals surface area contributed by atoms with E-state index in [1.807, 2.05) is 0 Å². The number of hydrogen-bond donors (Lipinski definition) is 2. The van der Waals surface area contributed by atoms with Crippen molar-refractivity contribution >= 4 is 35.9 Å². The van der Waals surface area contributed by atoms with Crippen LogP contribution < -0.4 is 0 Å². The largest absolute Gasteiger partial charge is 0.462 e. The predicted octanol–water partition coefficient (Wildman–Crippen LogP) is 18.2. The van der Waals surface area contributed by atoms with Crippen molar-refractivity contribution in [3.8, 4) is 0 Å². The summed E-state index contributed by atoms with van der Waals surface area (Å²) >= 11 is 0. The van der Waals surface area contributed by atoms with Crippen LogP contribution in [0.4, 0.5) is 0 Å². The van der Waals surface area contributed by atoms with Crippen LogP contribution >= 0.6 is 0 Å². The van der Waals surface area contributed by atoms with Crippen molar-refractivity contribution in [1.29, 1.82) is 0 Å². The van der Waals surface area contributed by atoms with E-state index in [4.69, 9.17) is 47.4 Å². The van der Waals surface area contributed by atoms with Crippen LogP contribution in [0.2, 0.25) is 0 Å². The van der Waals surface area contributed by atoms with Gasteiger partial charge in [-0.15, -0.1) is 0 Å². The van der Waals surface area contributed by atoms with E-state index in [0.717, 1.165) is 166 Å². The van der Waals surface area contributed by atoms with Gasteiger partial charge in [0.05, 0.1) is 45.7 Å². The van der Waals surface area contributed by atoms with E-state index in [0.29, 0.717) is 117 Å². The van der Waals surface area contributed by atoms with Gasteiger partial charge in [-0.1, -0.05) is 95.4 Å². The van der Waals surface area contributed by atoms with E-state index >= 15 is 0 Å². The van der Waals surface area contributed by atoms with Crippen LogP contribution in [-0.2, 0) is 76.1 Å². The molecule has 5 saturated heterocycles. The Kier molecular flexibility index (Phi) is 29.3. The maximum Gasteiger partial charge on any atom is 0.302 e. The molecule has 0 radical (unpaired) electrons. The molecule has 17 aliphatic rings. The van der Waals surface area contributed by atoms with Gasteiger partial charge in [0, 0.05) is 135 Å². The van der Waals surface area contributed by atoms with Gasteiger partial charge < -0.3 is 72.2 Å². The van der Waals surface area contributed by atoms with Crippen molar-refractivity contribution < 1.29 is 86.3 Å². The first kappa shape index (κ1) is 94.0. The van der Waals surface area contributed by atoms with Gasteiger partial charge in [0.15, 0.2) is 17.4 Å². The van der Waals surface area contributed by atoms with Crippen LogP contribution in [0.25, 0.3) is 0 Å². The van der Waals surface area contributed by atoms with Crippen LogP contribution in [0.15, 0.2) is 0 Å². The highest BCUT2D eigenvalue weighted by atomic mass is 16.8. The summed E-state index contributed by atoms with van der Waals surface area (Å²) in [7, 11) is 0. The standard InChI is InChI=1S/C28H47NO4.C25H41NO4.C24H40O5.C24H38O5/c1-20-7-11-26(3,22(19-20)10-16-29-14-5-6-15-29)23-8-12-27(4)24(25(23)33-21(2)30)9-13-28(27)31-17-18-32-28;1-17(27)30-23-20-6-7-22(29)25(20,3)12-9-21(23)24(2)11-8-19(28)16-18(24)10-15-26-13-4-5-14-26;2*1-16-5-9-22(3,18(15-16)8-12-25)19-6-10-23(4)20(21(19)29-17(2)26)7-11-24(23)27-13-14-28-24/h20,22-25H,5-19H2,1-4H3;18-21,23,28H,4-16H2,1-3H3;16,18-21,25H,5-15H2,1-4H3;12,16,18-21H,5-11,13-15H2,1-4H3/t20-,22-,23-,24-,25+,26-,27-;18-,19-,20-,21-,23-,24-,25-;2*16-,18-,19-,20-,21+,22-,23-/m0000/s1. The molecule has 17 rings (SSSR count). The number of carbonyl (C=O) groups is 6. The number of ketones is 1. The molecule has 688 valence electrons. The molecule has 2 N–H and O–H groups in total. The Morgan fingerprint density at radius 3 is 1.04 bits per heavy atom. The summed E-state index contributed by atoms with van der Waals surface area (Å²) in [6.07, 6.45) is 38.6. The summed E-state index contributed by atoms with van der Waals surface area (Å²) in [6, 6.07) is 0. The highest BCUT2D eigenvalue weighted by Crippen LogP contribution is 2.71. The van der Waals surface area contributed by atoms with Crippen molar-refractivity contribution in [3.05, 3.63) is 0 Å². The van der Waals surface area contributed by atoms with Gasteiger partial charge >= 0.3 is 23.9 Å². The smallest absolute Gasteiger partial charge is 0.302 e. The molecule has 121 heavy (non-hydrogen) atoms. The molecule has 20 heteroatoms. The zero-order valence-corrected chi connectivity index (χ0v) is 78.1. The second-order valence-corrected chi connectivity index (χ2v) is 45.4. The fourth-order valence-corrected chi connectivity index (χ4v) is 31.9. The van der Waals surface area contributed by atoms with Crippen molar-refractivity contribution in [2.75, 3.05) is 85.5 Å². The lowest BCUT2D eigenvalue weighted by atomic mass is 9.50. The van der Waals surface area contributed by atoms with Gasteiger partial charge in [-0.3, -0.25) is 24.0 Å². The van der Waals surface area contributed by atoms with E-state index in [1.165, 1.54) is 117 Å². The first-order valence-corrected chi connectivity index (χ1v) is 49.8. The van der Waals surface area contributed by atoms with Crippen molar-refractivity contribution in [2.24, 2.45) is 132 Å². The Bertz CT molecular complexity index is 3530.